The first-order valence-corrected chi connectivity index (χ1v) is 11.5. The minimum atomic E-state index is -3.58. The van der Waals surface area contributed by atoms with Crippen LogP contribution in [0.25, 0.3) is 0 Å². The molecule has 1 aromatic rings. The highest BCUT2D eigenvalue weighted by Crippen LogP contribution is 2.19. The lowest BCUT2D eigenvalue weighted by Crippen LogP contribution is -2.51. The van der Waals surface area contributed by atoms with Gasteiger partial charge in [0, 0.05) is 52.0 Å². The summed E-state index contributed by atoms with van der Waals surface area (Å²) in [5.74, 6) is -0.634. The molecule has 29 heavy (non-hydrogen) atoms. The number of benzene rings is 1. The second kappa shape index (κ2) is 9.04. The fraction of sp³-hybridized carbons (Fsp3) is 0.550. The summed E-state index contributed by atoms with van der Waals surface area (Å²) in [5.41, 5.74) is 1.11. The fourth-order valence-electron chi connectivity index (χ4n) is 3.68. The van der Waals surface area contributed by atoms with Crippen molar-refractivity contribution in [3.8, 4) is 0 Å². The number of aryl methyl sites for hydroxylation is 1. The molecule has 0 atom stereocenters. The van der Waals surface area contributed by atoms with Gasteiger partial charge in [0.1, 0.15) is 0 Å². The summed E-state index contributed by atoms with van der Waals surface area (Å²) in [7, 11) is -3.58. The van der Waals surface area contributed by atoms with E-state index in [2.05, 4.69) is 6.92 Å². The SMILES string of the molecule is CCCc1ccc(S(=O)(=O)N2CCN(C(=O)CCN3C(=O)CCC3=O)CC2)cc1. The second-order valence-electron chi connectivity index (χ2n) is 7.37. The van der Waals surface area contributed by atoms with Crippen LogP contribution >= 0.6 is 0 Å². The number of hydrogen-bond donors (Lipinski definition) is 0. The van der Waals surface area contributed by atoms with Crippen molar-refractivity contribution in [2.75, 3.05) is 32.7 Å². The van der Waals surface area contributed by atoms with Gasteiger partial charge < -0.3 is 4.90 Å². The number of rotatable bonds is 7. The molecular weight excluding hydrogens is 394 g/mol. The molecule has 0 aliphatic carbocycles. The van der Waals surface area contributed by atoms with E-state index in [-0.39, 0.29) is 61.5 Å². The van der Waals surface area contributed by atoms with Crippen molar-refractivity contribution in [2.45, 2.75) is 43.9 Å². The van der Waals surface area contributed by atoms with Gasteiger partial charge in [0.15, 0.2) is 0 Å². The number of imide groups is 1. The van der Waals surface area contributed by atoms with Crippen LogP contribution in [0.1, 0.15) is 38.2 Å². The van der Waals surface area contributed by atoms with Crippen LogP contribution in [0.5, 0.6) is 0 Å². The van der Waals surface area contributed by atoms with E-state index in [0.29, 0.717) is 13.1 Å². The molecule has 2 aliphatic heterocycles. The summed E-state index contributed by atoms with van der Waals surface area (Å²) in [4.78, 5) is 38.7. The van der Waals surface area contributed by atoms with Crippen LogP contribution in [0.2, 0.25) is 0 Å². The molecule has 2 saturated heterocycles. The number of sulfonamides is 1. The van der Waals surface area contributed by atoms with Crippen LogP contribution < -0.4 is 0 Å². The van der Waals surface area contributed by atoms with Crippen molar-refractivity contribution in [1.82, 2.24) is 14.1 Å². The summed E-state index contributed by atoms with van der Waals surface area (Å²) < 4.78 is 27.1. The minimum Gasteiger partial charge on any atom is -0.340 e. The molecule has 0 saturated carbocycles. The first-order valence-electron chi connectivity index (χ1n) is 10.0. The number of hydrogen-bond acceptors (Lipinski definition) is 5. The van der Waals surface area contributed by atoms with Gasteiger partial charge in [-0.1, -0.05) is 25.5 Å². The first-order chi connectivity index (χ1) is 13.8. The van der Waals surface area contributed by atoms with Gasteiger partial charge in [-0.15, -0.1) is 0 Å². The smallest absolute Gasteiger partial charge is 0.243 e. The third-order valence-electron chi connectivity index (χ3n) is 5.40. The van der Waals surface area contributed by atoms with Gasteiger partial charge in [0.25, 0.3) is 0 Å². The number of likely N-dealkylation sites (tertiary alicyclic amines) is 1. The molecule has 8 nitrogen and oxygen atoms in total. The average molecular weight is 422 g/mol. The Morgan fingerprint density at radius 2 is 1.55 bits per heavy atom. The van der Waals surface area contributed by atoms with Crippen LogP contribution in [-0.4, -0.2) is 73.0 Å². The first kappa shape index (κ1) is 21.4. The Morgan fingerprint density at radius 3 is 2.10 bits per heavy atom. The highest BCUT2D eigenvalue weighted by Gasteiger charge is 2.32. The van der Waals surface area contributed by atoms with Gasteiger partial charge in [-0.2, -0.15) is 4.31 Å². The molecule has 2 fully saturated rings. The molecule has 9 heteroatoms. The zero-order chi connectivity index (χ0) is 21.0. The predicted octanol–water partition coefficient (Wildman–Crippen LogP) is 1.01. The monoisotopic (exact) mass is 421 g/mol. The van der Waals surface area contributed by atoms with Crippen LogP contribution in [-0.2, 0) is 30.8 Å². The van der Waals surface area contributed by atoms with Gasteiger partial charge >= 0.3 is 0 Å². The molecule has 0 unspecified atom stereocenters. The predicted molar refractivity (Wildman–Crippen MR) is 106 cm³/mol. The molecule has 0 radical (unpaired) electrons. The number of amides is 3. The average Bonchev–Trinajstić information content (AvgIpc) is 3.04. The molecule has 2 heterocycles. The normalized spacial score (nSPS) is 18.5. The Hall–Kier alpha value is -2.26. The molecule has 0 N–H and O–H groups in total. The Morgan fingerprint density at radius 1 is 0.966 bits per heavy atom. The van der Waals surface area contributed by atoms with Crippen molar-refractivity contribution in [2.24, 2.45) is 0 Å². The standard InChI is InChI=1S/C20H27N3O5S/c1-2-3-16-4-6-17(7-5-16)29(27,28)22-14-12-21(13-15-22)18(24)10-11-23-19(25)8-9-20(23)26/h4-7H,2-3,8-15H2,1H3. The van der Waals surface area contributed by atoms with Crippen LogP contribution in [0, 0.1) is 0 Å². The van der Waals surface area contributed by atoms with Crippen molar-refractivity contribution < 1.29 is 22.8 Å². The lowest BCUT2D eigenvalue weighted by Gasteiger charge is -2.34. The van der Waals surface area contributed by atoms with E-state index < -0.39 is 10.0 Å². The maximum absolute atomic E-state index is 12.8. The van der Waals surface area contributed by atoms with Gasteiger partial charge in [0.05, 0.1) is 4.90 Å². The number of carbonyl (C=O) groups is 3. The Labute approximate surface area is 171 Å². The summed E-state index contributed by atoms with van der Waals surface area (Å²) in [6.45, 7) is 3.23. The summed E-state index contributed by atoms with van der Waals surface area (Å²) in [5, 5.41) is 0. The van der Waals surface area contributed by atoms with Crippen molar-refractivity contribution in [1.29, 1.82) is 0 Å². The van der Waals surface area contributed by atoms with E-state index in [4.69, 9.17) is 0 Å². The third-order valence-corrected chi connectivity index (χ3v) is 7.31. The molecule has 0 aromatic heterocycles. The highest BCUT2D eigenvalue weighted by molar-refractivity contribution is 7.89. The molecule has 0 spiro atoms. The molecule has 3 amide bonds. The van der Waals surface area contributed by atoms with E-state index in [1.54, 1.807) is 17.0 Å². The maximum atomic E-state index is 12.8. The van der Waals surface area contributed by atoms with E-state index >= 15 is 0 Å². The molecule has 2 aliphatic rings. The maximum Gasteiger partial charge on any atom is 0.243 e. The molecule has 158 valence electrons. The summed E-state index contributed by atoms with van der Waals surface area (Å²) in [6.07, 6.45) is 2.41. The third kappa shape index (κ3) is 4.84. The molecular formula is C20H27N3O5S. The van der Waals surface area contributed by atoms with Crippen molar-refractivity contribution in [3.05, 3.63) is 29.8 Å². The van der Waals surface area contributed by atoms with Gasteiger partial charge in [-0.3, -0.25) is 19.3 Å². The zero-order valence-electron chi connectivity index (χ0n) is 16.7. The van der Waals surface area contributed by atoms with Crippen LogP contribution in [0.15, 0.2) is 29.2 Å². The van der Waals surface area contributed by atoms with E-state index in [9.17, 15) is 22.8 Å². The topological polar surface area (TPSA) is 95.1 Å². The van der Waals surface area contributed by atoms with E-state index in [1.807, 2.05) is 12.1 Å². The van der Waals surface area contributed by atoms with Crippen molar-refractivity contribution in [3.63, 3.8) is 0 Å². The van der Waals surface area contributed by atoms with Crippen LogP contribution in [0.3, 0.4) is 0 Å². The van der Waals surface area contributed by atoms with Gasteiger partial charge in [-0.25, -0.2) is 8.42 Å². The minimum absolute atomic E-state index is 0.0725. The molecule has 1 aromatic carbocycles. The Kier molecular flexibility index (Phi) is 6.69. The lowest BCUT2D eigenvalue weighted by atomic mass is 10.1. The Bertz CT molecular complexity index is 858. The van der Waals surface area contributed by atoms with Gasteiger partial charge in [0.2, 0.25) is 27.7 Å². The second-order valence-corrected chi connectivity index (χ2v) is 9.31. The van der Waals surface area contributed by atoms with Gasteiger partial charge in [-0.05, 0) is 24.1 Å². The zero-order valence-corrected chi connectivity index (χ0v) is 17.5. The quantitative estimate of drug-likeness (QED) is 0.613. The van der Waals surface area contributed by atoms with Crippen molar-refractivity contribution >= 4 is 27.7 Å². The number of carbonyl (C=O) groups excluding carboxylic acids is 3. The summed E-state index contributed by atoms with van der Waals surface area (Å²) >= 11 is 0. The lowest BCUT2D eigenvalue weighted by molar-refractivity contribution is -0.139. The molecule has 3 rings (SSSR count). The van der Waals surface area contributed by atoms with E-state index in [0.717, 1.165) is 23.3 Å². The Balaban J connectivity index is 1.53. The number of nitrogens with zero attached hydrogens (tertiary/aromatic N) is 3. The summed E-state index contributed by atoms with van der Waals surface area (Å²) in [6, 6.07) is 6.97. The number of piperazine rings is 1. The molecule has 0 bridgehead atoms. The largest absolute Gasteiger partial charge is 0.340 e. The highest BCUT2D eigenvalue weighted by atomic mass is 32.2. The van der Waals surface area contributed by atoms with E-state index in [1.165, 1.54) is 4.31 Å². The fourth-order valence-corrected chi connectivity index (χ4v) is 5.10. The van der Waals surface area contributed by atoms with Crippen LogP contribution in [0.4, 0.5) is 0 Å².